The summed E-state index contributed by atoms with van der Waals surface area (Å²) in [6.45, 7) is 7.76. The quantitative estimate of drug-likeness (QED) is 0.0808. The fourth-order valence-corrected chi connectivity index (χ4v) is 6.36. The van der Waals surface area contributed by atoms with Crippen molar-refractivity contribution in [3.63, 3.8) is 0 Å². The van der Waals surface area contributed by atoms with Crippen molar-refractivity contribution < 1.29 is 24.0 Å². The Morgan fingerprint density at radius 3 is 1.48 bits per heavy atom. The van der Waals surface area contributed by atoms with Crippen molar-refractivity contribution in [1.82, 2.24) is 16.3 Å². The van der Waals surface area contributed by atoms with E-state index in [1.165, 1.54) is 17.3 Å². The number of imide groups is 2. The number of carbonyl (C=O) groups excluding carboxylic acids is 5. The minimum atomic E-state index is -0.532. The van der Waals surface area contributed by atoms with Crippen LogP contribution in [0.2, 0.25) is 0 Å². The van der Waals surface area contributed by atoms with Crippen molar-refractivity contribution in [3.05, 3.63) is 172 Å². The Morgan fingerprint density at radius 2 is 0.981 bits per heavy atom. The van der Waals surface area contributed by atoms with E-state index >= 15 is 0 Å². The largest absolute Gasteiger partial charge is 0.307 e. The van der Waals surface area contributed by atoms with Crippen LogP contribution in [0.25, 0.3) is 11.1 Å². The van der Waals surface area contributed by atoms with Crippen LogP contribution in [0.15, 0.2) is 122 Å². The molecule has 0 fully saturated rings. The van der Waals surface area contributed by atoms with Crippen molar-refractivity contribution in [1.29, 1.82) is 0 Å². The highest BCUT2D eigenvalue weighted by Crippen LogP contribution is 2.34. The Labute approximate surface area is 311 Å². The zero-order valence-corrected chi connectivity index (χ0v) is 30.0. The third kappa shape index (κ3) is 6.50. The maximum absolute atomic E-state index is 13.8. The molecule has 2 aliphatic heterocycles. The molecule has 11 heteroatoms. The van der Waals surface area contributed by atoms with E-state index in [0.29, 0.717) is 39.3 Å². The molecule has 0 atom stereocenters. The summed E-state index contributed by atoms with van der Waals surface area (Å²) in [5.41, 5.74) is 19.2. The van der Waals surface area contributed by atoms with E-state index in [1.54, 1.807) is 91.0 Å². The smallest absolute Gasteiger partial charge is 0.269 e. The Morgan fingerprint density at radius 1 is 0.500 bits per heavy atom. The Hall–Kier alpha value is -7.27. The molecule has 0 aliphatic carbocycles. The molecule has 0 saturated carbocycles. The minimum Gasteiger partial charge on any atom is -0.307 e. The molecule has 2 aliphatic rings. The maximum atomic E-state index is 13.8. The van der Waals surface area contributed by atoms with Crippen LogP contribution in [0.4, 0.5) is 17.1 Å². The van der Waals surface area contributed by atoms with Crippen LogP contribution in [0.1, 0.15) is 64.5 Å². The molecule has 0 bridgehead atoms. The molecule has 5 aromatic rings. The predicted molar refractivity (Wildman–Crippen MR) is 208 cm³/mol. The number of nitrogens with zero attached hydrogens (tertiary/aromatic N) is 2. The topological polar surface area (TPSA) is 140 Å². The number of benzene rings is 5. The summed E-state index contributed by atoms with van der Waals surface area (Å²) in [6, 6.07) is 31.2. The second-order valence-corrected chi connectivity index (χ2v) is 13.1. The summed E-state index contributed by atoms with van der Waals surface area (Å²) in [5.74, 6) is -2.35. The number of hydrazine groups is 2. The lowest BCUT2D eigenvalue weighted by Gasteiger charge is -2.29. The third-order valence-corrected chi connectivity index (χ3v) is 9.63. The van der Waals surface area contributed by atoms with Crippen molar-refractivity contribution >= 4 is 57.7 Å². The monoisotopic (exact) mass is 716 g/mol. The number of rotatable bonds is 8. The summed E-state index contributed by atoms with van der Waals surface area (Å²) in [7, 11) is 0. The zero-order chi connectivity index (χ0) is 38.1. The van der Waals surface area contributed by atoms with Gasteiger partial charge in [0.25, 0.3) is 29.5 Å². The number of anilines is 3. The van der Waals surface area contributed by atoms with Crippen LogP contribution in [-0.4, -0.2) is 29.5 Å². The molecular formula is C43H36N6O5. The van der Waals surface area contributed by atoms with E-state index in [0.717, 1.165) is 27.2 Å². The average Bonchev–Trinajstić information content (AvgIpc) is 3.17. The van der Waals surface area contributed by atoms with Gasteiger partial charge in [0.1, 0.15) is 0 Å². The second kappa shape index (κ2) is 14.4. The van der Waals surface area contributed by atoms with Crippen LogP contribution >= 0.6 is 0 Å². The van der Waals surface area contributed by atoms with Crippen LogP contribution in [-0.2, 0) is 9.59 Å². The first-order chi connectivity index (χ1) is 26.0. The minimum absolute atomic E-state index is 0.202. The van der Waals surface area contributed by atoms with Gasteiger partial charge in [-0.2, -0.15) is 0 Å². The predicted octanol–water partition coefficient (Wildman–Crippen LogP) is 6.53. The Balaban J connectivity index is 1.06. The fourth-order valence-electron chi connectivity index (χ4n) is 6.36. The molecule has 2 heterocycles. The van der Waals surface area contributed by atoms with Gasteiger partial charge in [-0.15, -0.1) is 0 Å². The first kappa shape index (κ1) is 35.1. The standard InChI is InChI=1S/C43H36N6O5/c1-25-16-18-31(20-27(25)3)48-40(51)35-14-7-5-12-33(35)37(42(48)53)23-44-46-30-11-9-10-29(22-30)39(50)47-45-24-38-34-13-6-8-15-36(34)41(52)49(43(38)54)32-19-17-26(2)28(4)21-32/h5-24,44-46H,1-4H3,(H,47,50)/b37-23+,38-24+. The number of carbonyl (C=O) groups is 5. The molecule has 0 spiro atoms. The second-order valence-electron chi connectivity index (χ2n) is 13.1. The summed E-state index contributed by atoms with van der Waals surface area (Å²) in [6.07, 6.45) is 2.87. The number of fused-ring (bicyclic) bond motifs is 2. The Kier molecular flexibility index (Phi) is 9.37. The van der Waals surface area contributed by atoms with Crippen LogP contribution in [0.5, 0.6) is 0 Å². The van der Waals surface area contributed by atoms with Gasteiger partial charge in [-0.3, -0.25) is 29.4 Å². The molecule has 11 nitrogen and oxygen atoms in total. The van der Waals surface area contributed by atoms with Gasteiger partial charge < -0.3 is 16.3 Å². The summed E-state index contributed by atoms with van der Waals surface area (Å²) >= 11 is 0. The first-order valence-electron chi connectivity index (χ1n) is 17.2. The molecule has 54 heavy (non-hydrogen) atoms. The molecule has 0 saturated heterocycles. The van der Waals surface area contributed by atoms with Gasteiger partial charge in [0.15, 0.2) is 0 Å². The molecule has 268 valence electrons. The number of hydrogen-bond donors (Lipinski definition) is 4. The molecule has 5 amide bonds. The molecule has 4 N–H and O–H groups in total. The number of aryl methyl sites for hydroxylation is 4. The lowest BCUT2D eigenvalue weighted by Crippen LogP contribution is -2.43. The maximum Gasteiger partial charge on any atom is 0.269 e. The van der Waals surface area contributed by atoms with Crippen molar-refractivity contribution in [3.8, 4) is 0 Å². The van der Waals surface area contributed by atoms with Crippen LogP contribution in [0.3, 0.4) is 0 Å². The first-order valence-corrected chi connectivity index (χ1v) is 17.2. The Bertz CT molecular complexity index is 2470. The average molecular weight is 717 g/mol. The summed E-state index contributed by atoms with van der Waals surface area (Å²) in [4.78, 5) is 70.0. The van der Waals surface area contributed by atoms with Crippen molar-refractivity contribution in [2.24, 2.45) is 0 Å². The zero-order valence-electron chi connectivity index (χ0n) is 30.0. The van der Waals surface area contributed by atoms with Gasteiger partial charge in [-0.25, -0.2) is 9.80 Å². The fraction of sp³-hybridized carbons (Fsp3) is 0.0930. The molecule has 0 radical (unpaired) electrons. The van der Waals surface area contributed by atoms with E-state index in [-0.39, 0.29) is 16.7 Å². The van der Waals surface area contributed by atoms with Crippen molar-refractivity contribution in [2.75, 3.05) is 15.2 Å². The van der Waals surface area contributed by atoms with Gasteiger partial charge in [0.2, 0.25) is 0 Å². The molecular weight excluding hydrogens is 681 g/mol. The highest BCUT2D eigenvalue weighted by atomic mass is 16.2. The normalized spacial score (nSPS) is 15.3. The number of amides is 5. The number of nitrogens with one attached hydrogen (secondary N) is 4. The van der Waals surface area contributed by atoms with Crippen LogP contribution in [0, 0.1) is 27.7 Å². The molecule has 0 unspecified atom stereocenters. The molecule has 5 aromatic carbocycles. The van der Waals surface area contributed by atoms with E-state index in [1.807, 2.05) is 45.9 Å². The summed E-state index contributed by atoms with van der Waals surface area (Å²) in [5, 5.41) is 0. The van der Waals surface area contributed by atoms with E-state index in [9.17, 15) is 24.0 Å². The van der Waals surface area contributed by atoms with Crippen molar-refractivity contribution in [2.45, 2.75) is 27.7 Å². The lowest BCUT2D eigenvalue weighted by molar-refractivity contribution is -0.113. The highest BCUT2D eigenvalue weighted by Gasteiger charge is 2.37. The summed E-state index contributed by atoms with van der Waals surface area (Å²) < 4.78 is 0. The van der Waals surface area contributed by atoms with E-state index in [4.69, 9.17) is 0 Å². The van der Waals surface area contributed by atoms with Gasteiger partial charge in [0, 0.05) is 40.2 Å². The van der Waals surface area contributed by atoms with E-state index < -0.39 is 29.5 Å². The van der Waals surface area contributed by atoms with Crippen LogP contribution < -0.4 is 31.5 Å². The van der Waals surface area contributed by atoms with Gasteiger partial charge in [-0.05, 0) is 105 Å². The third-order valence-electron chi connectivity index (χ3n) is 9.63. The number of hydrogen-bond acceptors (Lipinski definition) is 8. The van der Waals surface area contributed by atoms with Gasteiger partial charge in [-0.1, -0.05) is 54.6 Å². The molecule has 0 aromatic heterocycles. The highest BCUT2D eigenvalue weighted by molar-refractivity contribution is 6.42. The SMILES string of the molecule is Cc1ccc(N2C(=O)/C(=C/NNC(=O)c3cccc(NN/C=C4/C(=O)N(c5ccc(C)c(C)c5)C(=O)c5ccccc54)c3)c3ccccc3C2=O)cc1C. The van der Waals surface area contributed by atoms with Gasteiger partial charge in [0.05, 0.1) is 28.2 Å². The van der Waals surface area contributed by atoms with E-state index in [2.05, 4.69) is 21.7 Å². The molecule has 7 rings (SSSR count). The lowest BCUT2D eigenvalue weighted by atomic mass is 9.93. The van der Waals surface area contributed by atoms with Gasteiger partial charge >= 0.3 is 0 Å².